The number of rotatable bonds is 4. The Morgan fingerprint density at radius 2 is 1.34 bits per heavy atom. The van der Waals surface area contributed by atoms with Crippen LogP contribution in [0.1, 0.15) is 35.2 Å². The molecule has 4 nitrogen and oxygen atoms in total. The van der Waals surface area contributed by atoms with Gasteiger partial charge >= 0.3 is 0 Å². The molecule has 1 aliphatic heterocycles. The van der Waals surface area contributed by atoms with E-state index in [-0.39, 0.29) is 17.9 Å². The summed E-state index contributed by atoms with van der Waals surface area (Å²) in [6, 6.07) is 27.1. The van der Waals surface area contributed by atoms with Gasteiger partial charge in [-0.15, -0.1) is 0 Å². The minimum absolute atomic E-state index is 0.0874. The lowest BCUT2D eigenvalue weighted by molar-refractivity contribution is -0.140. The van der Waals surface area contributed by atoms with Gasteiger partial charge in [0.15, 0.2) is 0 Å². The molecule has 0 saturated heterocycles. The van der Waals surface area contributed by atoms with Gasteiger partial charge in [0.25, 0.3) is 0 Å². The molecule has 0 bridgehead atoms. The van der Waals surface area contributed by atoms with Crippen LogP contribution in [0.4, 0.5) is 0 Å². The zero-order chi connectivity index (χ0) is 20.2. The van der Waals surface area contributed by atoms with Gasteiger partial charge in [0.1, 0.15) is 6.04 Å². The summed E-state index contributed by atoms with van der Waals surface area (Å²) >= 11 is 0. The fraction of sp³-hybridized carbons (Fsp3) is 0.200. The summed E-state index contributed by atoms with van der Waals surface area (Å²) in [7, 11) is 0. The van der Waals surface area contributed by atoms with Gasteiger partial charge in [-0.05, 0) is 22.3 Å². The highest BCUT2D eigenvalue weighted by Gasteiger charge is 2.34. The van der Waals surface area contributed by atoms with Crippen molar-refractivity contribution in [3.63, 3.8) is 0 Å². The van der Waals surface area contributed by atoms with Gasteiger partial charge in [-0.25, -0.2) is 0 Å². The maximum absolute atomic E-state index is 13.4. The van der Waals surface area contributed by atoms with E-state index in [0.29, 0.717) is 13.0 Å². The lowest BCUT2D eigenvalue weighted by atomic mass is 9.92. The van der Waals surface area contributed by atoms with Gasteiger partial charge in [-0.1, -0.05) is 84.9 Å². The lowest BCUT2D eigenvalue weighted by Gasteiger charge is -2.36. The number of hydrogen-bond donors (Lipinski definition) is 1. The number of nitrogens with zero attached hydrogens (tertiary/aromatic N) is 1. The van der Waals surface area contributed by atoms with Crippen molar-refractivity contribution in [3.05, 3.63) is 107 Å². The molecule has 146 valence electrons. The first-order valence-electron chi connectivity index (χ1n) is 9.88. The summed E-state index contributed by atoms with van der Waals surface area (Å²) in [5.41, 5.74) is 4.26. The third kappa shape index (κ3) is 4.06. The van der Waals surface area contributed by atoms with Gasteiger partial charge < -0.3 is 10.2 Å². The van der Waals surface area contributed by atoms with Crippen molar-refractivity contribution < 1.29 is 9.59 Å². The summed E-state index contributed by atoms with van der Waals surface area (Å²) in [6.07, 6.45) is 0.526. The van der Waals surface area contributed by atoms with Crippen molar-refractivity contribution in [1.82, 2.24) is 10.2 Å². The van der Waals surface area contributed by atoms with Crippen LogP contribution in [-0.4, -0.2) is 22.8 Å². The molecule has 1 aliphatic rings. The normalized spacial score (nSPS) is 15.7. The van der Waals surface area contributed by atoms with Crippen LogP contribution in [0.25, 0.3) is 0 Å². The molecule has 1 atom stereocenters. The van der Waals surface area contributed by atoms with E-state index in [1.54, 1.807) is 4.90 Å². The molecule has 1 heterocycles. The van der Waals surface area contributed by atoms with Crippen molar-refractivity contribution >= 4 is 11.8 Å². The molecule has 0 radical (unpaired) electrons. The summed E-state index contributed by atoms with van der Waals surface area (Å²) in [5, 5.41) is 3.20. The van der Waals surface area contributed by atoms with E-state index in [1.807, 2.05) is 84.9 Å². The Balaban J connectivity index is 1.64. The highest BCUT2D eigenvalue weighted by atomic mass is 16.2. The van der Waals surface area contributed by atoms with Gasteiger partial charge in [-0.2, -0.15) is 0 Å². The Bertz CT molecular complexity index is 962. The van der Waals surface area contributed by atoms with Gasteiger partial charge in [-0.3, -0.25) is 9.59 Å². The second-order valence-corrected chi connectivity index (χ2v) is 7.40. The third-order valence-electron chi connectivity index (χ3n) is 5.51. The van der Waals surface area contributed by atoms with E-state index < -0.39 is 6.04 Å². The largest absolute Gasteiger partial charge is 0.343 e. The average molecular weight is 384 g/mol. The fourth-order valence-corrected chi connectivity index (χ4v) is 3.98. The third-order valence-corrected chi connectivity index (χ3v) is 5.51. The number of hydrogen-bond acceptors (Lipinski definition) is 2. The fourth-order valence-electron chi connectivity index (χ4n) is 3.98. The van der Waals surface area contributed by atoms with E-state index >= 15 is 0 Å². The van der Waals surface area contributed by atoms with Crippen molar-refractivity contribution in [2.45, 2.75) is 32.0 Å². The van der Waals surface area contributed by atoms with Crippen molar-refractivity contribution in [2.24, 2.45) is 0 Å². The minimum atomic E-state index is -0.516. The minimum Gasteiger partial charge on any atom is -0.343 e. The topological polar surface area (TPSA) is 49.4 Å². The number of amides is 2. The van der Waals surface area contributed by atoms with Crippen LogP contribution in [-0.2, 0) is 22.6 Å². The highest BCUT2D eigenvalue weighted by molar-refractivity contribution is 5.88. The van der Waals surface area contributed by atoms with Crippen LogP contribution in [0.3, 0.4) is 0 Å². The van der Waals surface area contributed by atoms with Crippen LogP contribution in [0.15, 0.2) is 84.9 Å². The lowest BCUT2D eigenvalue weighted by Crippen LogP contribution is -2.52. The van der Waals surface area contributed by atoms with Crippen molar-refractivity contribution in [1.29, 1.82) is 0 Å². The molecule has 3 aromatic carbocycles. The summed E-state index contributed by atoms with van der Waals surface area (Å²) in [4.78, 5) is 27.3. The number of fused-ring (bicyclic) bond motifs is 1. The molecule has 0 aromatic heterocycles. The molecular formula is C25H24N2O2. The molecule has 0 saturated carbocycles. The van der Waals surface area contributed by atoms with Crippen LogP contribution in [0, 0.1) is 0 Å². The Kier molecular flexibility index (Phi) is 5.43. The average Bonchev–Trinajstić information content (AvgIpc) is 2.77. The highest BCUT2D eigenvalue weighted by Crippen LogP contribution is 2.26. The van der Waals surface area contributed by atoms with E-state index in [9.17, 15) is 9.59 Å². The zero-order valence-electron chi connectivity index (χ0n) is 16.4. The van der Waals surface area contributed by atoms with Crippen LogP contribution < -0.4 is 5.32 Å². The quantitative estimate of drug-likeness (QED) is 0.742. The van der Waals surface area contributed by atoms with Gasteiger partial charge in [0, 0.05) is 19.9 Å². The Hall–Kier alpha value is -3.40. The predicted octanol–water partition coefficient (Wildman–Crippen LogP) is 3.87. The molecule has 0 spiro atoms. The van der Waals surface area contributed by atoms with E-state index in [2.05, 4.69) is 5.32 Å². The van der Waals surface area contributed by atoms with E-state index in [0.717, 1.165) is 22.3 Å². The monoisotopic (exact) mass is 384 g/mol. The first-order chi connectivity index (χ1) is 14.1. The molecule has 1 N–H and O–H groups in total. The van der Waals surface area contributed by atoms with Crippen LogP contribution >= 0.6 is 0 Å². The number of benzene rings is 3. The smallest absolute Gasteiger partial charge is 0.243 e. The summed E-state index contributed by atoms with van der Waals surface area (Å²) in [5.74, 6) is -0.219. The zero-order valence-corrected chi connectivity index (χ0v) is 16.4. The molecule has 4 rings (SSSR count). The molecule has 2 amide bonds. The number of nitrogens with one attached hydrogen (secondary N) is 1. The maximum Gasteiger partial charge on any atom is 0.243 e. The molecule has 4 heteroatoms. The molecule has 0 aliphatic carbocycles. The molecule has 0 fully saturated rings. The first-order valence-corrected chi connectivity index (χ1v) is 9.88. The molecular weight excluding hydrogens is 360 g/mol. The van der Waals surface area contributed by atoms with Crippen molar-refractivity contribution in [3.8, 4) is 0 Å². The number of carbonyl (C=O) groups excluding carboxylic acids is 2. The molecule has 0 unspecified atom stereocenters. The second-order valence-electron chi connectivity index (χ2n) is 7.40. The molecule has 3 aromatic rings. The van der Waals surface area contributed by atoms with Gasteiger partial charge in [0.05, 0.1) is 6.04 Å². The first kappa shape index (κ1) is 18.9. The summed E-state index contributed by atoms with van der Waals surface area (Å²) in [6.45, 7) is 1.99. The SMILES string of the molecule is CC(=O)N1Cc2ccccc2C[C@@H]1C(=O)NC(c1ccccc1)c1ccccc1. The van der Waals surface area contributed by atoms with E-state index in [1.165, 1.54) is 6.92 Å². The van der Waals surface area contributed by atoms with Gasteiger partial charge in [0.2, 0.25) is 11.8 Å². The Morgan fingerprint density at radius 3 is 1.90 bits per heavy atom. The van der Waals surface area contributed by atoms with Crippen LogP contribution in [0.5, 0.6) is 0 Å². The molecule has 29 heavy (non-hydrogen) atoms. The van der Waals surface area contributed by atoms with Crippen molar-refractivity contribution in [2.75, 3.05) is 0 Å². The number of carbonyl (C=O) groups is 2. The van der Waals surface area contributed by atoms with E-state index in [4.69, 9.17) is 0 Å². The second kappa shape index (κ2) is 8.31. The predicted molar refractivity (Wildman–Crippen MR) is 113 cm³/mol. The van der Waals surface area contributed by atoms with Crippen LogP contribution in [0.2, 0.25) is 0 Å². The maximum atomic E-state index is 13.4. The summed E-state index contributed by atoms with van der Waals surface area (Å²) < 4.78 is 0. The standard InChI is InChI=1S/C25H24N2O2/c1-18(28)27-17-22-15-9-8-14-21(22)16-23(27)25(29)26-24(19-10-4-2-5-11-19)20-12-6-3-7-13-20/h2-15,23-24H,16-17H2,1H3,(H,26,29)/t23-/m1/s1. The Morgan fingerprint density at radius 1 is 0.828 bits per heavy atom. The Labute approximate surface area is 171 Å².